The van der Waals surface area contributed by atoms with Crippen LogP contribution in [0.1, 0.15) is 55.9 Å². The van der Waals surface area contributed by atoms with Gasteiger partial charge >= 0.3 is 0 Å². The molecule has 1 saturated carbocycles. The zero-order valence-corrected chi connectivity index (χ0v) is 12.9. The highest BCUT2D eigenvalue weighted by Gasteiger charge is 2.24. The molecule has 1 aliphatic carbocycles. The zero-order chi connectivity index (χ0) is 14.7. The number of nitrogens with zero attached hydrogens (tertiary/aromatic N) is 3. The van der Waals surface area contributed by atoms with Gasteiger partial charge in [-0.05, 0) is 24.8 Å². The molecule has 0 saturated heterocycles. The van der Waals surface area contributed by atoms with Crippen molar-refractivity contribution in [3.05, 3.63) is 47.8 Å². The van der Waals surface area contributed by atoms with E-state index in [1.807, 2.05) is 13.2 Å². The minimum Gasteiger partial charge on any atom is -0.302 e. The standard InChI is InChI=1S/C17H24N4/c1-13(17-12-21(2)20-19-17)18-16(11-14-7-6-8-14)15-9-4-3-5-10-15/h3-5,9-10,12-14,16,18H,6-8,11H2,1-2H3/t13-,16+/m0/s1. The second-order valence-electron chi connectivity index (χ2n) is 6.20. The average molecular weight is 284 g/mol. The first-order valence-corrected chi connectivity index (χ1v) is 7.89. The Labute approximate surface area is 126 Å². The lowest BCUT2D eigenvalue weighted by Gasteiger charge is -2.31. The van der Waals surface area contributed by atoms with Gasteiger partial charge in [-0.3, -0.25) is 4.68 Å². The molecule has 0 radical (unpaired) electrons. The fourth-order valence-corrected chi connectivity index (χ4v) is 3.00. The summed E-state index contributed by atoms with van der Waals surface area (Å²) in [5, 5.41) is 12.0. The van der Waals surface area contributed by atoms with Gasteiger partial charge in [-0.2, -0.15) is 0 Å². The Morgan fingerprint density at radius 1 is 1.29 bits per heavy atom. The van der Waals surface area contributed by atoms with Gasteiger partial charge in [-0.1, -0.05) is 54.8 Å². The van der Waals surface area contributed by atoms with Crippen LogP contribution in [0.15, 0.2) is 36.5 Å². The molecule has 3 rings (SSSR count). The van der Waals surface area contributed by atoms with Crippen LogP contribution in [0.2, 0.25) is 0 Å². The van der Waals surface area contributed by atoms with Gasteiger partial charge in [0.1, 0.15) is 0 Å². The Balaban J connectivity index is 1.72. The van der Waals surface area contributed by atoms with E-state index >= 15 is 0 Å². The van der Waals surface area contributed by atoms with E-state index in [0.29, 0.717) is 6.04 Å². The van der Waals surface area contributed by atoms with Crippen molar-refractivity contribution in [1.82, 2.24) is 20.3 Å². The van der Waals surface area contributed by atoms with Crippen LogP contribution in [0.3, 0.4) is 0 Å². The minimum atomic E-state index is 0.212. The molecule has 1 heterocycles. The van der Waals surface area contributed by atoms with Crippen molar-refractivity contribution in [1.29, 1.82) is 0 Å². The molecule has 4 heteroatoms. The van der Waals surface area contributed by atoms with E-state index in [1.165, 1.54) is 31.2 Å². The maximum atomic E-state index is 4.23. The Morgan fingerprint density at radius 2 is 2.05 bits per heavy atom. The average Bonchev–Trinajstić information content (AvgIpc) is 2.89. The van der Waals surface area contributed by atoms with E-state index in [4.69, 9.17) is 0 Å². The predicted molar refractivity (Wildman–Crippen MR) is 83.7 cm³/mol. The molecule has 1 fully saturated rings. The topological polar surface area (TPSA) is 42.7 Å². The monoisotopic (exact) mass is 284 g/mol. The molecule has 21 heavy (non-hydrogen) atoms. The summed E-state index contributed by atoms with van der Waals surface area (Å²) in [6.07, 6.45) is 7.36. The van der Waals surface area contributed by atoms with Crippen molar-refractivity contribution in [2.75, 3.05) is 0 Å². The van der Waals surface area contributed by atoms with Crippen LogP contribution in [-0.2, 0) is 7.05 Å². The Hall–Kier alpha value is -1.68. The second-order valence-corrected chi connectivity index (χ2v) is 6.20. The third-order valence-electron chi connectivity index (χ3n) is 4.51. The molecule has 1 aromatic heterocycles. The molecule has 0 unspecified atom stereocenters. The lowest BCUT2D eigenvalue weighted by Crippen LogP contribution is -2.28. The number of nitrogens with one attached hydrogen (secondary N) is 1. The molecule has 0 bridgehead atoms. The third kappa shape index (κ3) is 3.50. The number of hydrogen-bond acceptors (Lipinski definition) is 3. The molecule has 2 atom stereocenters. The molecular formula is C17H24N4. The van der Waals surface area contributed by atoms with Crippen LogP contribution in [0, 0.1) is 5.92 Å². The van der Waals surface area contributed by atoms with Crippen molar-refractivity contribution in [3.8, 4) is 0 Å². The van der Waals surface area contributed by atoms with E-state index in [1.54, 1.807) is 4.68 Å². The highest BCUT2D eigenvalue weighted by molar-refractivity contribution is 5.19. The molecule has 1 N–H and O–H groups in total. The summed E-state index contributed by atoms with van der Waals surface area (Å²) in [5.74, 6) is 0.872. The molecule has 4 nitrogen and oxygen atoms in total. The lowest BCUT2D eigenvalue weighted by atomic mass is 9.79. The first-order valence-electron chi connectivity index (χ1n) is 7.89. The molecule has 1 aliphatic rings. The highest BCUT2D eigenvalue weighted by Crippen LogP contribution is 2.35. The van der Waals surface area contributed by atoms with Crippen molar-refractivity contribution < 1.29 is 0 Å². The number of benzene rings is 1. The van der Waals surface area contributed by atoms with Gasteiger partial charge < -0.3 is 5.32 Å². The fraction of sp³-hybridized carbons (Fsp3) is 0.529. The normalized spacial score (nSPS) is 18.2. The smallest absolute Gasteiger partial charge is 0.0993 e. The van der Waals surface area contributed by atoms with Crippen LogP contribution in [0.25, 0.3) is 0 Å². The Morgan fingerprint density at radius 3 is 2.62 bits per heavy atom. The summed E-state index contributed by atoms with van der Waals surface area (Å²) in [7, 11) is 1.91. The van der Waals surface area contributed by atoms with Crippen LogP contribution in [0.5, 0.6) is 0 Å². The van der Waals surface area contributed by atoms with Crippen molar-refractivity contribution >= 4 is 0 Å². The molecular weight excluding hydrogens is 260 g/mol. The van der Waals surface area contributed by atoms with Gasteiger partial charge in [-0.15, -0.1) is 5.10 Å². The van der Waals surface area contributed by atoms with Crippen LogP contribution in [0.4, 0.5) is 0 Å². The molecule has 0 aliphatic heterocycles. The van der Waals surface area contributed by atoms with E-state index in [-0.39, 0.29) is 6.04 Å². The SMILES string of the molecule is C[C@H](N[C@H](CC1CCC1)c1ccccc1)c1cn(C)nn1. The molecule has 0 amide bonds. The maximum absolute atomic E-state index is 4.23. The van der Waals surface area contributed by atoms with Crippen LogP contribution >= 0.6 is 0 Å². The van der Waals surface area contributed by atoms with Crippen molar-refractivity contribution in [3.63, 3.8) is 0 Å². The van der Waals surface area contributed by atoms with E-state index in [9.17, 15) is 0 Å². The predicted octanol–water partition coefficient (Wildman–Crippen LogP) is 3.40. The van der Waals surface area contributed by atoms with Gasteiger partial charge in [0, 0.05) is 19.3 Å². The third-order valence-corrected chi connectivity index (χ3v) is 4.51. The summed E-state index contributed by atoms with van der Waals surface area (Å²) >= 11 is 0. The van der Waals surface area contributed by atoms with Crippen molar-refractivity contribution in [2.45, 2.75) is 44.7 Å². The van der Waals surface area contributed by atoms with Crippen molar-refractivity contribution in [2.24, 2.45) is 13.0 Å². The maximum Gasteiger partial charge on any atom is 0.0993 e. The number of aryl methyl sites for hydroxylation is 1. The fourth-order valence-electron chi connectivity index (χ4n) is 3.00. The summed E-state index contributed by atoms with van der Waals surface area (Å²) in [6, 6.07) is 11.4. The number of rotatable bonds is 6. The summed E-state index contributed by atoms with van der Waals surface area (Å²) in [6.45, 7) is 2.17. The summed E-state index contributed by atoms with van der Waals surface area (Å²) < 4.78 is 1.76. The number of hydrogen-bond donors (Lipinski definition) is 1. The first kappa shape index (κ1) is 14.3. The van der Waals surface area contributed by atoms with Gasteiger partial charge in [-0.25, -0.2) is 0 Å². The van der Waals surface area contributed by atoms with Crippen LogP contribution in [-0.4, -0.2) is 15.0 Å². The minimum absolute atomic E-state index is 0.212. The van der Waals surface area contributed by atoms with E-state index in [2.05, 4.69) is 52.9 Å². The lowest BCUT2D eigenvalue weighted by molar-refractivity contribution is 0.253. The van der Waals surface area contributed by atoms with Gasteiger partial charge in [0.2, 0.25) is 0 Å². The van der Waals surface area contributed by atoms with E-state index in [0.717, 1.165) is 11.6 Å². The van der Waals surface area contributed by atoms with Gasteiger partial charge in [0.05, 0.1) is 11.7 Å². The molecule has 112 valence electrons. The van der Waals surface area contributed by atoms with Gasteiger partial charge in [0.15, 0.2) is 0 Å². The quantitative estimate of drug-likeness (QED) is 0.884. The van der Waals surface area contributed by atoms with E-state index < -0.39 is 0 Å². The highest BCUT2D eigenvalue weighted by atomic mass is 15.4. The molecule has 0 spiro atoms. The Bertz CT molecular complexity index is 559. The summed E-state index contributed by atoms with van der Waals surface area (Å²) in [4.78, 5) is 0. The second kappa shape index (κ2) is 6.39. The summed E-state index contributed by atoms with van der Waals surface area (Å²) in [5.41, 5.74) is 2.38. The molecule has 2 aromatic rings. The van der Waals surface area contributed by atoms with Crippen LogP contribution < -0.4 is 5.32 Å². The largest absolute Gasteiger partial charge is 0.302 e. The Kier molecular flexibility index (Phi) is 4.34. The zero-order valence-electron chi connectivity index (χ0n) is 12.9. The van der Waals surface area contributed by atoms with Gasteiger partial charge in [0.25, 0.3) is 0 Å². The first-order chi connectivity index (χ1) is 10.2. The number of aromatic nitrogens is 3. The molecule has 1 aromatic carbocycles.